The molecule has 23 heavy (non-hydrogen) atoms. The highest BCUT2D eigenvalue weighted by atomic mass is 16.5. The molecule has 0 amide bonds. The third kappa shape index (κ3) is 3.33. The quantitative estimate of drug-likeness (QED) is 0.649. The summed E-state index contributed by atoms with van der Waals surface area (Å²) in [5.74, 6) is 0.512. The molecule has 2 aromatic heterocycles. The van der Waals surface area contributed by atoms with E-state index < -0.39 is 0 Å². The molecule has 3 rings (SSSR count). The summed E-state index contributed by atoms with van der Waals surface area (Å²) in [6.45, 7) is 2.79. The molecule has 120 valence electrons. The Morgan fingerprint density at radius 3 is 2.96 bits per heavy atom. The first-order valence-electron chi connectivity index (χ1n) is 7.37. The molecule has 0 aliphatic heterocycles. The number of carbonyl (C=O) groups excluding carboxylic acids is 1. The van der Waals surface area contributed by atoms with E-state index in [0.717, 1.165) is 22.3 Å². The number of ether oxygens (including phenoxy) is 2. The lowest BCUT2D eigenvalue weighted by Gasteiger charge is -2.04. The summed E-state index contributed by atoms with van der Waals surface area (Å²) in [7, 11) is 1.65. The Morgan fingerprint density at radius 1 is 1.30 bits per heavy atom. The number of hydrogen-bond donors (Lipinski definition) is 0. The van der Waals surface area contributed by atoms with Crippen LogP contribution in [0.2, 0.25) is 0 Å². The minimum Gasteiger partial charge on any atom is -0.497 e. The molecule has 0 bridgehead atoms. The Kier molecular flexibility index (Phi) is 4.27. The third-order valence-electron chi connectivity index (χ3n) is 3.49. The highest BCUT2D eigenvalue weighted by Crippen LogP contribution is 2.22. The van der Waals surface area contributed by atoms with Crippen molar-refractivity contribution in [2.75, 3.05) is 13.7 Å². The van der Waals surface area contributed by atoms with Crippen LogP contribution >= 0.6 is 0 Å². The first kappa shape index (κ1) is 15.1. The van der Waals surface area contributed by atoms with E-state index in [1.807, 2.05) is 30.5 Å². The molecule has 0 aliphatic rings. The lowest BCUT2D eigenvalue weighted by atomic mass is 10.2. The van der Waals surface area contributed by atoms with Crippen LogP contribution in [0.1, 0.15) is 12.6 Å². The number of methoxy groups -OCH3 is 1. The van der Waals surface area contributed by atoms with Crippen molar-refractivity contribution in [3.63, 3.8) is 0 Å². The number of hydrogen-bond acceptors (Lipinski definition) is 5. The topological polar surface area (TPSA) is 71.2 Å². The van der Waals surface area contributed by atoms with Crippen LogP contribution in [-0.4, -0.2) is 39.2 Å². The Hall–Kier alpha value is -2.83. The molecule has 1 aromatic carbocycles. The second-order valence-electron chi connectivity index (χ2n) is 5.08. The summed E-state index contributed by atoms with van der Waals surface area (Å²) in [5, 5.41) is 9.16. The van der Waals surface area contributed by atoms with Crippen LogP contribution < -0.4 is 4.74 Å². The van der Waals surface area contributed by atoms with Gasteiger partial charge < -0.3 is 14.0 Å². The zero-order chi connectivity index (χ0) is 16.2. The Morgan fingerprint density at radius 2 is 2.17 bits per heavy atom. The summed E-state index contributed by atoms with van der Waals surface area (Å²) in [6.07, 6.45) is 3.75. The molecule has 0 saturated carbocycles. The normalized spacial score (nSPS) is 10.9. The number of rotatable bonds is 6. The van der Waals surface area contributed by atoms with Crippen LogP contribution in [0.15, 0.2) is 36.7 Å². The molecule has 0 fully saturated rings. The molecular formula is C16H18N4O3. The number of fused-ring (bicyclic) bond motifs is 1. The van der Waals surface area contributed by atoms with Gasteiger partial charge in [0.1, 0.15) is 18.0 Å². The lowest BCUT2D eigenvalue weighted by Crippen LogP contribution is -2.13. The van der Waals surface area contributed by atoms with Crippen molar-refractivity contribution in [2.24, 2.45) is 0 Å². The van der Waals surface area contributed by atoms with Gasteiger partial charge in [0.05, 0.1) is 26.5 Å². The number of aromatic nitrogens is 4. The maximum absolute atomic E-state index is 11.4. The van der Waals surface area contributed by atoms with Gasteiger partial charge in [-0.3, -0.25) is 4.79 Å². The summed E-state index contributed by atoms with van der Waals surface area (Å²) in [5.41, 5.74) is 1.87. The smallest absolute Gasteiger partial charge is 0.327 e. The van der Waals surface area contributed by atoms with Crippen LogP contribution in [-0.2, 0) is 22.6 Å². The summed E-state index contributed by atoms with van der Waals surface area (Å²) >= 11 is 0. The molecule has 0 saturated heterocycles. The fourth-order valence-corrected chi connectivity index (χ4v) is 2.44. The first-order chi connectivity index (χ1) is 11.2. The van der Waals surface area contributed by atoms with Gasteiger partial charge in [0, 0.05) is 17.1 Å². The predicted octanol–water partition coefficient (Wildman–Crippen LogP) is 1.85. The van der Waals surface area contributed by atoms with E-state index in [9.17, 15) is 4.79 Å². The van der Waals surface area contributed by atoms with E-state index in [-0.39, 0.29) is 12.5 Å². The fraction of sp³-hybridized carbons (Fsp3) is 0.312. The molecule has 0 atom stereocenters. The minimum absolute atomic E-state index is 0.0739. The maximum Gasteiger partial charge on any atom is 0.327 e. The van der Waals surface area contributed by atoms with Gasteiger partial charge in [-0.15, -0.1) is 5.10 Å². The van der Waals surface area contributed by atoms with E-state index in [0.29, 0.717) is 13.2 Å². The molecule has 2 heterocycles. The average molecular weight is 314 g/mol. The van der Waals surface area contributed by atoms with Gasteiger partial charge in [-0.25, -0.2) is 4.68 Å². The highest BCUT2D eigenvalue weighted by Gasteiger charge is 2.08. The van der Waals surface area contributed by atoms with Gasteiger partial charge in [-0.05, 0) is 31.2 Å². The molecule has 7 heteroatoms. The Labute approximate surface area is 133 Å². The highest BCUT2D eigenvalue weighted by molar-refractivity contribution is 5.81. The van der Waals surface area contributed by atoms with Crippen molar-refractivity contribution in [3.8, 4) is 5.75 Å². The number of nitrogens with zero attached hydrogens (tertiary/aromatic N) is 4. The van der Waals surface area contributed by atoms with E-state index in [4.69, 9.17) is 9.47 Å². The van der Waals surface area contributed by atoms with Crippen LogP contribution in [0.5, 0.6) is 5.75 Å². The summed E-state index contributed by atoms with van der Waals surface area (Å²) in [4.78, 5) is 11.4. The number of esters is 1. The molecule has 7 nitrogen and oxygen atoms in total. The van der Waals surface area contributed by atoms with Gasteiger partial charge in [0.25, 0.3) is 0 Å². The van der Waals surface area contributed by atoms with Gasteiger partial charge >= 0.3 is 5.97 Å². The lowest BCUT2D eigenvalue weighted by molar-refractivity contribution is -0.144. The third-order valence-corrected chi connectivity index (χ3v) is 3.49. The molecule has 0 radical (unpaired) electrons. The molecule has 0 spiro atoms. The monoisotopic (exact) mass is 314 g/mol. The van der Waals surface area contributed by atoms with Crippen molar-refractivity contribution < 1.29 is 14.3 Å². The van der Waals surface area contributed by atoms with E-state index in [2.05, 4.69) is 14.9 Å². The first-order valence-corrected chi connectivity index (χ1v) is 7.37. The SMILES string of the molecule is CCOC(=O)Cn1cc(Cn2ccc3cc(OC)ccc32)nn1. The van der Waals surface area contributed by atoms with Crippen LogP contribution in [0, 0.1) is 0 Å². The fourth-order valence-electron chi connectivity index (χ4n) is 2.44. The molecule has 3 aromatic rings. The summed E-state index contributed by atoms with van der Waals surface area (Å²) < 4.78 is 13.7. The van der Waals surface area contributed by atoms with Gasteiger partial charge in [-0.1, -0.05) is 5.21 Å². The zero-order valence-corrected chi connectivity index (χ0v) is 13.1. The molecule has 0 unspecified atom stereocenters. The van der Waals surface area contributed by atoms with Crippen LogP contribution in [0.3, 0.4) is 0 Å². The van der Waals surface area contributed by atoms with Gasteiger partial charge in [-0.2, -0.15) is 0 Å². The van der Waals surface area contributed by atoms with Crippen molar-refractivity contribution in [1.82, 2.24) is 19.6 Å². The number of benzene rings is 1. The van der Waals surface area contributed by atoms with Crippen molar-refractivity contribution in [2.45, 2.75) is 20.0 Å². The van der Waals surface area contributed by atoms with E-state index >= 15 is 0 Å². The predicted molar refractivity (Wildman–Crippen MR) is 84.2 cm³/mol. The molecule has 0 N–H and O–H groups in total. The Balaban J connectivity index is 1.75. The van der Waals surface area contributed by atoms with Crippen molar-refractivity contribution in [1.29, 1.82) is 0 Å². The second kappa shape index (κ2) is 6.51. The molecule has 0 aliphatic carbocycles. The standard InChI is InChI=1S/C16H18N4O3/c1-3-23-16(21)11-20-10-13(17-18-20)9-19-7-6-12-8-14(22-2)4-5-15(12)19/h4-8,10H,3,9,11H2,1-2H3. The van der Waals surface area contributed by atoms with Crippen LogP contribution in [0.25, 0.3) is 10.9 Å². The van der Waals surface area contributed by atoms with Gasteiger partial charge in [0.15, 0.2) is 0 Å². The Bertz CT molecular complexity index is 822. The van der Waals surface area contributed by atoms with Gasteiger partial charge in [0.2, 0.25) is 0 Å². The van der Waals surface area contributed by atoms with E-state index in [1.54, 1.807) is 20.2 Å². The average Bonchev–Trinajstić information content (AvgIpc) is 3.15. The maximum atomic E-state index is 11.4. The number of carbonyl (C=O) groups is 1. The minimum atomic E-state index is -0.317. The van der Waals surface area contributed by atoms with Crippen LogP contribution in [0.4, 0.5) is 0 Å². The van der Waals surface area contributed by atoms with Crippen molar-refractivity contribution >= 4 is 16.9 Å². The largest absolute Gasteiger partial charge is 0.497 e. The zero-order valence-electron chi connectivity index (χ0n) is 13.1. The van der Waals surface area contributed by atoms with Crippen molar-refractivity contribution in [3.05, 3.63) is 42.4 Å². The molecular weight excluding hydrogens is 296 g/mol. The summed E-state index contributed by atoms with van der Waals surface area (Å²) in [6, 6.07) is 7.96. The second-order valence-corrected chi connectivity index (χ2v) is 5.08. The van der Waals surface area contributed by atoms with E-state index in [1.165, 1.54) is 4.68 Å².